The van der Waals surface area contributed by atoms with Crippen LogP contribution in [0.5, 0.6) is 5.75 Å². The standard InChI is InChI=1S/C9H8BrIO2/c1-5(12)7-3-6(13-2)4-8(11)9(7)10/h3-4H,1-2H3. The molecule has 0 unspecified atom stereocenters. The van der Waals surface area contributed by atoms with Gasteiger partial charge in [-0.2, -0.15) is 0 Å². The summed E-state index contributed by atoms with van der Waals surface area (Å²) in [5.41, 5.74) is 0.656. The first-order valence-corrected chi connectivity index (χ1v) is 5.47. The van der Waals surface area contributed by atoms with Gasteiger partial charge in [-0.25, -0.2) is 0 Å². The molecule has 0 fully saturated rings. The Labute approximate surface area is 98.9 Å². The fraction of sp³-hybridized carbons (Fsp3) is 0.222. The van der Waals surface area contributed by atoms with E-state index in [0.717, 1.165) is 8.04 Å². The molecular weight excluding hydrogens is 347 g/mol. The third-order valence-corrected chi connectivity index (χ3v) is 4.06. The molecule has 2 nitrogen and oxygen atoms in total. The van der Waals surface area contributed by atoms with Crippen LogP contribution in [0.25, 0.3) is 0 Å². The van der Waals surface area contributed by atoms with E-state index in [4.69, 9.17) is 4.74 Å². The SMILES string of the molecule is COc1cc(I)c(Br)c(C(C)=O)c1. The molecule has 0 saturated carbocycles. The Morgan fingerprint density at radius 1 is 1.54 bits per heavy atom. The predicted octanol–water partition coefficient (Wildman–Crippen LogP) is 3.26. The number of rotatable bonds is 2. The van der Waals surface area contributed by atoms with Gasteiger partial charge in [0.05, 0.1) is 7.11 Å². The van der Waals surface area contributed by atoms with Gasteiger partial charge >= 0.3 is 0 Å². The average molecular weight is 355 g/mol. The summed E-state index contributed by atoms with van der Waals surface area (Å²) in [6, 6.07) is 3.60. The molecule has 0 amide bonds. The second kappa shape index (κ2) is 4.41. The van der Waals surface area contributed by atoms with Crippen molar-refractivity contribution in [2.45, 2.75) is 6.92 Å². The van der Waals surface area contributed by atoms with Gasteiger partial charge in [-0.05, 0) is 57.6 Å². The lowest BCUT2D eigenvalue weighted by Crippen LogP contribution is -1.97. The summed E-state index contributed by atoms with van der Waals surface area (Å²) in [6.07, 6.45) is 0. The number of hydrogen-bond donors (Lipinski definition) is 0. The molecule has 0 bridgehead atoms. The molecule has 0 saturated heterocycles. The van der Waals surface area contributed by atoms with Crippen molar-refractivity contribution >= 4 is 44.3 Å². The maximum atomic E-state index is 11.2. The predicted molar refractivity (Wildman–Crippen MR) is 63.4 cm³/mol. The lowest BCUT2D eigenvalue weighted by atomic mass is 10.1. The highest BCUT2D eigenvalue weighted by molar-refractivity contribution is 14.1. The van der Waals surface area contributed by atoms with Gasteiger partial charge in [0.15, 0.2) is 5.78 Å². The molecule has 0 aliphatic heterocycles. The van der Waals surface area contributed by atoms with Crippen molar-refractivity contribution in [2.24, 2.45) is 0 Å². The third kappa shape index (κ3) is 2.43. The number of methoxy groups -OCH3 is 1. The van der Waals surface area contributed by atoms with E-state index in [0.29, 0.717) is 11.3 Å². The van der Waals surface area contributed by atoms with Crippen LogP contribution in [-0.2, 0) is 0 Å². The van der Waals surface area contributed by atoms with Crippen molar-refractivity contribution in [3.8, 4) is 5.75 Å². The maximum Gasteiger partial charge on any atom is 0.161 e. The first-order chi connectivity index (χ1) is 6.06. The van der Waals surface area contributed by atoms with Gasteiger partial charge in [0, 0.05) is 13.6 Å². The van der Waals surface area contributed by atoms with E-state index in [1.165, 1.54) is 6.92 Å². The zero-order valence-corrected chi connectivity index (χ0v) is 11.0. The van der Waals surface area contributed by atoms with Crippen molar-refractivity contribution in [1.82, 2.24) is 0 Å². The highest BCUT2D eigenvalue weighted by Crippen LogP contribution is 2.28. The van der Waals surface area contributed by atoms with Crippen molar-refractivity contribution in [2.75, 3.05) is 7.11 Å². The van der Waals surface area contributed by atoms with Crippen molar-refractivity contribution < 1.29 is 9.53 Å². The minimum atomic E-state index is 0.0312. The highest BCUT2D eigenvalue weighted by Gasteiger charge is 2.10. The Kier molecular flexibility index (Phi) is 3.73. The molecule has 0 heterocycles. The van der Waals surface area contributed by atoms with Crippen LogP contribution < -0.4 is 4.74 Å². The minimum Gasteiger partial charge on any atom is -0.497 e. The molecule has 0 aromatic heterocycles. The summed E-state index contributed by atoms with van der Waals surface area (Å²) in [5, 5.41) is 0. The molecule has 13 heavy (non-hydrogen) atoms. The Hall–Kier alpha value is -0.100. The summed E-state index contributed by atoms with van der Waals surface area (Å²) in [5.74, 6) is 0.737. The van der Waals surface area contributed by atoms with Crippen molar-refractivity contribution in [3.63, 3.8) is 0 Å². The smallest absolute Gasteiger partial charge is 0.161 e. The van der Waals surface area contributed by atoms with Gasteiger partial charge in [-0.15, -0.1) is 0 Å². The molecule has 0 atom stereocenters. The Bertz CT molecular complexity index is 350. The van der Waals surface area contributed by atoms with Crippen molar-refractivity contribution in [1.29, 1.82) is 0 Å². The van der Waals surface area contributed by atoms with E-state index in [9.17, 15) is 4.79 Å². The van der Waals surface area contributed by atoms with E-state index in [1.54, 1.807) is 13.2 Å². The summed E-state index contributed by atoms with van der Waals surface area (Å²) in [6.45, 7) is 1.54. The number of Topliss-reactive ketones (excluding diaryl/α,β-unsaturated/α-hetero) is 1. The monoisotopic (exact) mass is 354 g/mol. The number of ether oxygens (including phenoxy) is 1. The number of ketones is 1. The van der Waals surface area contributed by atoms with Crippen LogP contribution in [0.4, 0.5) is 0 Å². The molecule has 0 N–H and O–H groups in total. The van der Waals surface area contributed by atoms with Crippen LogP contribution >= 0.6 is 38.5 Å². The van der Waals surface area contributed by atoms with Crippen LogP contribution in [0.1, 0.15) is 17.3 Å². The van der Waals surface area contributed by atoms with E-state index < -0.39 is 0 Å². The summed E-state index contributed by atoms with van der Waals surface area (Å²) < 4.78 is 6.87. The number of carbonyl (C=O) groups excluding carboxylic acids is 1. The van der Waals surface area contributed by atoms with Crippen LogP contribution in [-0.4, -0.2) is 12.9 Å². The van der Waals surface area contributed by atoms with E-state index in [2.05, 4.69) is 38.5 Å². The molecule has 0 radical (unpaired) electrons. The van der Waals surface area contributed by atoms with Gasteiger partial charge in [0.1, 0.15) is 5.75 Å². The largest absolute Gasteiger partial charge is 0.497 e. The van der Waals surface area contributed by atoms with Crippen LogP contribution in [0, 0.1) is 3.57 Å². The molecule has 0 aliphatic carbocycles. The third-order valence-electron chi connectivity index (χ3n) is 1.62. The lowest BCUT2D eigenvalue weighted by molar-refractivity contribution is 0.101. The Morgan fingerprint density at radius 2 is 2.15 bits per heavy atom. The first-order valence-electron chi connectivity index (χ1n) is 3.60. The van der Waals surface area contributed by atoms with Gasteiger partial charge in [-0.1, -0.05) is 0 Å². The molecular formula is C9H8BrIO2. The second-order valence-electron chi connectivity index (χ2n) is 2.53. The minimum absolute atomic E-state index is 0.0312. The molecule has 1 aromatic carbocycles. The van der Waals surface area contributed by atoms with Gasteiger partial charge in [-0.3, -0.25) is 4.79 Å². The zero-order valence-electron chi connectivity index (χ0n) is 7.23. The normalized spacial score (nSPS) is 9.85. The quantitative estimate of drug-likeness (QED) is 0.602. The molecule has 0 aliphatic rings. The summed E-state index contributed by atoms with van der Waals surface area (Å²) in [7, 11) is 1.59. The fourth-order valence-corrected chi connectivity index (χ4v) is 2.04. The maximum absolute atomic E-state index is 11.2. The Morgan fingerprint density at radius 3 is 2.62 bits per heavy atom. The molecule has 1 rings (SSSR count). The first kappa shape index (κ1) is 11.0. The van der Waals surface area contributed by atoms with Crippen LogP contribution in [0.2, 0.25) is 0 Å². The topological polar surface area (TPSA) is 26.3 Å². The fourth-order valence-electron chi connectivity index (χ4n) is 0.938. The number of hydrogen-bond acceptors (Lipinski definition) is 2. The highest BCUT2D eigenvalue weighted by atomic mass is 127. The number of benzene rings is 1. The molecule has 70 valence electrons. The van der Waals surface area contributed by atoms with Crippen LogP contribution in [0.15, 0.2) is 16.6 Å². The van der Waals surface area contributed by atoms with Crippen LogP contribution in [0.3, 0.4) is 0 Å². The van der Waals surface area contributed by atoms with E-state index >= 15 is 0 Å². The molecule has 4 heteroatoms. The van der Waals surface area contributed by atoms with Crippen molar-refractivity contribution in [3.05, 3.63) is 25.7 Å². The van der Waals surface area contributed by atoms with Gasteiger partial charge in [0.25, 0.3) is 0 Å². The number of carbonyl (C=O) groups is 1. The summed E-state index contributed by atoms with van der Waals surface area (Å²) in [4.78, 5) is 11.2. The second-order valence-corrected chi connectivity index (χ2v) is 4.48. The summed E-state index contributed by atoms with van der Waals surface area (Å²) >= 11 is 5.51. The van der Waals surface area contributed by atoms with Gasteiger partial charge < -0.3 is 4.74 Å². The zero-order chi connectivity index (χ0) is 10.0. The number of halogens is 2. The van der Waals surface area contributed by atoms with Gasteiger partial charge in [0.2, 0.25) is 0 Å². The Balaban J connectivity index is 3.33. The molecule has 0 spiro atoms. The van der Waals surface area contributed by atoms with E-state index in [1.807, 2.05) is 6.07 Å². The van der Waals surface area contributed by atoms with E-state index in [-0.39, 0.29) is 5.78 Å². The molecule has 1 aromatic rings. The average Bonchev–Trinajstić information content (AvgIpc) is 2.09. The lowest BCUT2D eigenvalue weighted by Gasteiger charge is -2.06.